The number of ether oxygens (including phenoxy) is 1. The third-order valence-electron chi connectivity index (χ3n) is 3.42. The van der Waals surface area contributed by atoms with Crippen LogP contribution in [0.1, 0.15) is 44.8 Å². The fourth-order valence-corrected chi connectivity index (χ4v) is 3.66. The van der Waals surface area contributed by atoms with Gasteiger partial charge in [-0.05, 0) is 19.1 Å². The van der Waals surface area contributed by atoms with E-state index in [9.17, 15) is 13.2 Å². The van der Waals surface area contributed by atoms with E-state index >= 15 is 0 Å². The Morgan fingerprint density at radius 1 is 1.22 bits per heavy atom. The first kappa shape index (κ1) is 21.0. The number of amides is 1. The van der Waals surface area contributed by atoms with Crippen LogP contribution in [0.15, 0.2) is 29.2 Å². The topological polar surface area (TPSA) is 111 Å². The fourth-order valence-electron chi connectivity index (χ4n) is 2.12. The molecule has 146 valence electrons. The zero-order valence-electron chi connectivity index (χ0n) is 15.3. The maximum atomic E-state index is 12.3. The molecule has 2 rings (SSSR count). The molecule has 1 amide bonds. The molecule has 27 heavy (non-hydrogen) atoms. The van der Waals surface area contributed by atoms with Crippen molar-refractivity contribution in [2.24, 2.45) is 0 Å². The number of hydrogen-bond acceptors (Lipinski definition) is 7. The largest absolute Gasteiger partial charge is 0.464 e. The molecule has 0 radical (unpaired) electrons. The average Bonchev–Trinajstić information content (AvgIpc) is 2.60. The van der Waals surface area contributed by atoms with Gasteiger partial charge in [0.2, 0.25) is 5.91 Å². The van der Waals surface area contributed by atoms with Gasteiger partial charge in [-0.25, -0.2) is 18.1 Å². The normalized spacial score (nSPS) is 11.4. The van der Waals surface area contributed by atoms with Gasteiger partial charge in [-0.15, -0.1) is 0 Å². The van der Waals surface area contributed by atoms with Crippen molar-refractivity contribution in [1.82, 2.24) is 19.7 Å². The zero-order chi connectivity index (χ0) is 20.0. The standard InChI is InChI=1S/C17H21ClN4O4S/c1-4-26-17-20-14(19-16(21-17)11(2)3)9-10-15(23)22-27(24,25)13-8-6-5-7-12(13)18/h5-8,11H,4,9-10H2,1-3H3,(H,22,23). The predicted molar refractivity (Wildman–Crippen MR) is 100 cm³/mol. The molecule has 1 aromatic carbocycles. The SMILES string of the molecule is CCOc1nc(CCC(=O)NS(=O)(=O)c2ccccc2Cl)nc(C(C)C)n1. The van der Waals surface area contributed by atoms with Gasteiger partial charge < -0.3 is 4.74 Å². The minimum absolute atomic E-state index is 0.0400. The molecule has 1 heterocycles. The lowest BCUT2D eigenvalue weighted by Gasteiger charge is -2.10. The molecule has 1 aromatic heterocycles. The van der Waals surface area contributed by atoms with Crippen LogP contribution < -0.4 is 9.46 Å². The quantitative estimate of drug-likeness (QED) is 0.708. The van der Waals surface area contributed by atoms with Crippen LogP contribution in [0.25, 0.3) is 0 Å². The molecule has 0 atom stereocenters. The summed E-state index contributed by atoms with van der Waals surface area (Å²) in [7, 11) is -4.04. The van der Waals surface area contributed by atoms with Crippen molar-refractivity contribution in [1.29, 1.82) is 0 Å². The molecule has 10 heteroatoms. The first-order valence-corrected chi connectivity index (χ1v) is 10.3. The number of rotatable bonds is 8. The predicted octanol–water partition coefficient (Wildman–Crippen LogP) is 2.48. The van der Waals surface area contributed by atoms with E-state index < -0.39 is 15.9 Å². The molecule has 0 unspecified atom stereocenters. The van der Waals surface area contributed by atoms with Crippen molar-refractivity contribution >= 4 is 27.5 Å². The van der Waals surface area contributed by atoms with Crippen molar-refractivity contribution in [3.8, 4) is 6.01 Å². The number of benzene rings is 1. The number of nitrogens with one attached hydrogen (secondary N) is 1. The number of carbonyl (C=O) groups is 1. The van der Waals surface area contributed by atoms with Crippen LogP contribution in [0.4, 0.5) is 0 Å². The Kier molecular flexibility index (Phi) is 7.09. The van der Waals surface area contributed by atoms with Crippen LogP contribution in [0.3, 0.4) is 0 Å². The van der Waals surface area contributed by atoms with E-state index in [-0.39, 0.29) is 34.7 Å². The van der Waals surface area contributed by atoms with E-state index in [1.54, 1.807) is 6.07 Å². The lowest BCUT2D eigenvalue weighted by molar-refractivity contribution is -0.119. The first-order valence-electron chi connectivity index (χ1n) is 8.40. The number of halogens is 1. The van der Waals surface area contributed by atoms with Crippen molar-refractivity contribution in [2.45, 2.75) is 44.4 Å². The van der Waals surface area contributed by atoms with E-state index in [4.69, 9.17) is 16.3 Å². The molecule has 8 nitrogen and oxygen atoms in total. The number of carbonyl (C=O) groups excluding carboxylic acids is 1. The van der Waals surface area contributed by atoms with Gasteiger partial charge in [0.25, 0.3) is 10.0 Å². The maximum Gasteiger partial charge on any atom is 0.319 e. The molecule has 0 aliphatic carbocycles. The average molecular weight is 413 g/mol. The third-order valence-corrected chi connectivity index (χ3v) is 5.29. The molecular weight excluding hydrogens is 392 g/mol. The van der Waals surface area contributed by atoms with E-state index in [2.05, 4.69) is 15.0 Å². The summed E-state index contributed by atoms with van der Waals surface area (Å²) >= 11 is 5.89. The highest BCUT2D eigenvalue weighted by Gasteiger charge is 2.20. The fraction of sp³-hybridized carbons (Fsp3) is 0.412. The summed E-state index contributed by atoms with van der Waals surface area (Å²) in [6.07, 6.45) is 0.0307. The first-order chi connectivity index (χ1) is 12.7. The highest BCUT2D eigenvalue weighted by atomic mass is 35.5. The minimum Gasteiger partial charge on any atom is -0.464 e. The second-order valence-electron chi connectivity index (χ2n) is 5.94. The van der Waals surface area contributed by atoms with Gasteiger partial charge in [0.15, 0.2) is 0 Å². The van der Waals surface area contributed by atoms with Crippen LogP contribution in [-0.4, -0.2) is 35.9 Å². The molecule has 0 bridgehead atoms. The summed E-state index contributed by atoms with van der Waals surface area (Å²) in [5.41, 5.74) is 0. The highest BCUT2D eigenvalue weighted by molar-refractivity contribution is 7.90. The highest BCUT2D eigenvalue weighted by Crippen LogP contribution is 2.20. The molecule has 0 aliphatic rings. The second-order valence-corrected chi connectivity index (χ2v) is 8.00. The summed E-state index contributed by atoms with van der Waals surface area (Å²) in [6.45, 7) is 6.07. The molecule has 0 spiro atoms. The Bertz CT molecular complexity index is 919. The summed E-state index contributed by atoms with van der Waals surface area (Å²) in [4.78, 5) is 24.6. The molecule has 2 aromatic rings. The van der Waals surface area contributed by atoms with Crippen LogP contribution in [0.5, 0.6) is 6.01 Å². The van der Waals surface area contributed by atoms with Gasteiger partial charge in [0.05, 0.1) is 11.6 Å². The Labute approximate surface area is 163 Å². The van der Waals surface area contributed by atoms with E-state index in [0.29, 0.717) is 18.3 Å². The Hall–Kier alpha value is -2.26. The smallest absolute Gasteiger partial charge is 0.319 e. The maximum absolute atomic E-state index is 12.3. The van der Waals surface area contributed by atoms with E-state index in [0.717, 1.165) is 0 Å². The monoisotopic (exact) mass is 412 g/mol. The summed E-state index contributed by atoms with van der Waals surface area (Å²) in [5.74, 6) is 0.287. The number of nitrogens with zero attached hydrogens (tertiary/aromatic N) is 3. The molecule has 0 saturated heterocycles. The van der Waals surface area contributed by atoms with Crippen molar-refractivity contribution in [2.75, 3.05) is 6.61 Å². The number of aromatic nitrogens is 3. The molecular formula is C17H21ClN4O4S. The van der Waals surface area contributed by atoms with Gasteiger partial charge >= 0.3 is 6.01 Å². The number of aryl methyl sites for hydroxylation is 1. The van der Waals surface area contributed by atoms with Crippen LogP contribution >= 0.6 is 11.6 Å². The lowest BCUT2D eigenvalue weighted by Crippen LogP contribution is -2.31. The van der Waals surface area contributed by atoms with E-state index in [1.807, 2.05) is 25.5 Å². The van der Waals surface area contributed by atoms with Crippen LogP contribution in [0, 0.1) is 0 Å². The summed E-state index contributed by atoms with van der Waals surface area (Å²) < 4.78 is 31.9. The molecule has 0 aliphatic heterocycles. The van der Waals surface area contributed by atoms with Crippen LogP contribution in [0.2, 0.25) is 5.02 Å². The summed E-state index contributed by atoms with van der Waals surface area (Å²) in [5, 5.41) is 0.0400. The second kappa shape index (κ2) is 9.09. The molecule has 0 saturated carbocycles. The Morgan fingerprint density at radius 2 is 1.93 bits per heavy atom. The zero-order valence-corrected chi connectivity index (χ0v) is 16.8. The van der Waals surface area contributed by atoms with Crippen molar-refractivity contribution in [3.63, 3.8) is 0 Å². The third kappa shape index (κ3) is 5.86. The minimum atomic E-state index is -4.04. The van der Waals surface area contributed by atoms with E-state index in [1.165, 1.54) is 18.2 Å². The van der Waals surface area contributed by atoms with Crippen LogP contribution in [-0.2, 0) is 21.2 Å². The van der Waals surface area contributed by atoms with Gasteiger partial charge in [-0.1, -0.05) is 37.6 Å². The Morgan fingerprint density at radius 3 is 2.56 bits per heavy atom. The molecule has 1 N–H and O–H groups in total. The van der Waals surface area contributed by atoms with Gasteiger partial charge in [-0.3, -0.25) is 4.79 Å². The number of hydrogen-bond donors (Lipinski definition) is 1. The Balaban J connectivity index is 2.08. The van der Waals surface area contributed by atoms with Gasteiger partial charge in [-0.2, -0.15) is 9.97 Å². The van der Waals surface area contributed by atoms with Crippen molar-refractivity contribution < 1.29 is 17.9 Å². The molecule has 0 fully saturated rings. The number of sulfonamides is 1. The summed E-state index contributed by atoms with van der Waals surface area (Å²) in [6, 6.07) is 6.08. The lowest BCUT2D eigenvalue weighted by atomic mass is 10.2. The van der Waals surface area contributed by atoms with Gasteiger partial charge in [0.1, 0.15) is 16.5 Å². The van der Waals surface area contributed by atoms with Crippen molar-refractivity contribution in [3.05, 3.63) is 40.9 Å². The van der Waals surface area contributed by atoms with Gasteiger partial charge in [0, 0.05) is 18.8 Å².